The zero-order chi connectivity index (χ0) is 8.85. The molecule has 0 heterocycles. The van der Waals surface area contributed by atoms with Gasteiger partial charge in [0.1, 0.15) is 0 Å². The zero-order valence-corrected chi connectivity index (χ0v) is 7.15. The third-order valence-electron chi connectivity index (χ3n) is 1.15. The molecule has 0 saturated carbocycles. The van der Waals surface area contributed by atoms with Crippen LogP contribution >= 0.6 is 0 Å². The average molecular weight is 164 g/mol. The SMILES string of the molecule is COC(CC(C)O)OC(C)O. The zero-order valence-electron chi connectivity index (χ0n) is 7.15. The van der Waals surface area contributed by atoms with Gasteiger partial charge in [-0.25, -0.2) is 0 Å². The van der Waals surface area contributed by atoms with Gasteiger partial charge in [0.2, 0.25) is 0 Å². The fourth-order valence-corrected chi connectivity index (χ4v) is 0.706. The Morgan fingerprint density at radius 3 is 2.09 bits per heavy atom. The minimum atomic E-state index is -0.862. The molecule has 0 aliphatic carbocycles. The van der Waals surface area contributed by atoms with Crippen LogP contribution in [0.4, 0.5) is 0 Å². The number of aliphatic hydroxyl groups excluding tert-OH is 2. The predicted octanol–water partition coefficient (Wildman–Crippen LogP) is 0.0847. The maximum Gasteiger partial charge on any atom is 0.162 e. The molecule has 0 aromatic carbocycles. The van der Waals surface area contributed by atoms with Crippen LogP contribution < -0.4 is 0 Å². The van der Waals surface area contributed by atoms with Crippen LogP contribution in [0.1, 0.15) is 20.3 Å². The molecule has 0 bridgehead atoms. The van der Waals surface area contributed by atoms with Crippen molar-refractivity contribution >= 4 is 0 Å². The van der Waals surface area contributed by atoms with Crippen molar-refractivity contribution in [3.05, 3.63) is 0 Å². The maximum absolute atomic E-state index is 8.93. The van der Waals surface area contributed by atoms with E-state index in [1.807, 2.05) is 0 Å². The van der Waals surface area contributed by atoms with E-state index in [0.717, 1.165) is 0 Å². The van der Waals surface area contributed by atoms with E-state index in [2.05, 4.69) is 0 Å². The first-order chi connectivity index (χ1) is 5.06. The molecule has 0 saturated heterocycles. The molecule has 0 amide bonds. The van der Waals surface area contributed by atoms with Gasteiger partial charge < -0.3 is 19.7 Å². The summed E-state index contributed by atoms with van der Waals surface area (Å²) in [5.74, 6) is 0. The summed E-state index contributed by atoms with van der Waals surface area (Å²) in [6.07, 6.45) is -1.52. The number of methoxy groups -OCH3 is 1. The van der Waals surface area contributed by atoms with Crippen molar-refractivity contribution in [3.63, 3.8) is 0 Å². The van der Waals surface area contributed by atoms with E-state index in [1.165, 1.54) is 14.0 Å². The molecule has 11 heavy (non-hydrogen) atoms. The van der Waals surface area contributed by atoms with Gasteiger partial charge in [-0.1, -0.05) is 0 Å². The molecule has 2 N–H and O–H groups in total. The lowest BCUT2D eigenvalue weighted by molar-refractivity contribution is -0.219. The summed E-state index contributed by atoms with van der Waals surface area (Å²) >= 11 is 0. The molecule has 0 radical (unpaired) electrons. The van der Waals surface area contributed by atoms with E-state index in [4.69, 9.17) is 19.7 Å². The van der Waals surface area contributed by atoms with Crippen LogP contribution in [0, 0.1) is 0 Å². The van der Waals surface area contributed by atoms with E-state index in [0.29, 0.717) is 6.42 Å². The topological polar surface area (TPSA) is 58.9 Å². The fraction of sp³-hybridized carbons (Fsp3) is 1.00. The average Bonchev–Trinajstić information content (AvgIpc) is 1.84. The largest absolute Gasteiger partial charge is 0.393 e. The second-order valence-corrected chi connectivity index (χ2v) is 2.49. The van der Waals surface area contributed by atoms with Crippen molar-refractivity contribution in [3.8, 4) is 0 Å². The van der Waals surface area contributed by atoms with Gasteiger partial charge in [0.05, 0.1) is 6.10 Å². The summed E-state index contributed by atoms with van der Waals surface area (Å²) in [5, 5.41) is 17.7. The number of hydrogen-bond acceptors (Lipinski definition) is 4. The Bertz CT molecular complexity index is 82.4. The van der Waals surface area contributed by atoms with Crippen molar-refractivity contribution < 1.29 is 19.7 Å². The first-order valence-electron chi connectivity index (χ1n) is 3.60. The molecular formula is C7H16O4. The minimum Gasteiger partial charge on any atom is -0.393 e. The molecule has 0 spiro atoms. The van der Waals surface area contributed by atoms with Crippen LogP contribution in [0.3, 0.4) is 0 Å². The van der Waals surface area contributed by atoms with Gasteiger partial charge in [0, 0.05) is 13.5 Å². The number of ether oxygens (including phenoxy) is 2. The minimum absolute atomic E-state index is 0.363. The molecule has 0 aliphatic heterocycles. The summed E-state index contributed by atoms with van der Waals surface area (Å²) in [6, 6.07) is 0. The monoisotopic (exact) mass is 164 g/mol. The quantitative estimate of drug-likeness (QED) is 0.565. The molecular weight excluding hydrogens is 148 g/mol. The van der Waals surface area contributed by atoms with Gasteiger partial charge in [-0.3, -0.25) is 0 Å². The van der Waals surface area contributed by atoms with Gasteiger partial charge in [-0.05, 0) is 13.8 Å². The Morgan fingerprint density at radius 2 is 1.82 bits per heavy atom. The Morgan fingerprint density at radius 1 is 1.27 bits per heavy atom. The van der Waals surface area contributed by atoms with E-state index in [1.54, 1.807) is 6.92 Å². The summed E-state index contributed by atoms with van der Waals surface area (Å²) in [5.41, 5.74) is 0. The Balaban J connectivity index is 3.58. The molecule has 0 aromatic rings. The second kappa shape index (κ2) is 5.49. The molecule has 68 valence electrons. The van der Waals surface area contributed by atoms with Gasteiger partial charge in [0.15, 0.2) is 12.6 Å². The first kappa shape index (κ1) is 10.8. The van der Waals surface area contributed by atoms with Crippen molar-refractivity contribution in [1.82, 2.24) is 0 Å². The fourth-order valence-electron chi connectivity index (χ4n) is 0.706. The normalized spacial score (nSPS) is 19.4. The molecule has 0 aliphatic rings. The number of rotatable bonds is 5. The lowest BCUT2D eigenvalue weighted by Gasteiger charge is -2.18. The Hall–Kier alpha value is -0.160. The van der Waals surface area contributed by atoms with Crippen LogP contribution in [0.5, 0.6) is 0 Å². The lowest BCUT2D eigenvalue weighted by Crippen LogP contribution is -2.25. The third-order valence-corrected chi connectivity index (χ3v) is 1.15. The maximum atomic E-state index is 8.93. The standard InChI is InChI=1S/C7H16O4/c1-5(8)4-7(10-3)11-6(2)9/h5-9H,4H2,1-3H3. The van der Waals surface area contributed by atoms with Crippen LogP contribution in [-0.2, 0) is 9.47 Å². The van der Waals surface area contributed by atoms with Crippen molar-refractivity contribution in [2.45, 2.75) is 39.0 Å². The molecule has 4 heteroatoms. The van der Waals surface area contributed by atoms with E-state index in [9.17, 15) is 0 Å². The van der Waals surface area contributed by atoms with Gasteiger partial charge in [-0.2, -0.15) is 0 Å². The van der Waals surface area contributed by atoms with E-state index >= 15 is 0 Å². The third kappa shape index (κ3) is 6.25. The molecule has 0 rings (SSSR count). The lowest BCUT2D eigenvalue weighted by atomic mass is 10.3. The first-order valence-corrected chi connectivity index (χ1v) is 3.60. The molecule has 0 aromatic heterocycles. The number of hydrogen-bond donors (Lipinski definition) is 2. The van der Waals surface area contributed by atoms with Crippen LogP contribution in [-0.4, -0.2) is 36.0 Å². The highest BCUT2D eigenvalue weighted by Gasteiger charge is 2.12. The van der Waals surface area contributed by atoms with Crippen molar-refractivity contribution in [1.29, 1.82) is 0 Å². The molecule has 3 unspecified atom stereocenters. The summed E-state index contributed by atoms with van der Waals surface area (Å²) in [6.45, 7) is 3.13. The second-order valence-electron chi connectivity index (χ2n) is 2.49. The highest BCUT2D eigenvalue weighted by molar-refractivity contribution is 4.51. The van der Waals surface area contributed by atoms with Crippen LogP contribution in [0.15, 0.2) is 0 Å². The Labute approximate surface area is 66.7 Å². The smallest absolute Gasteiger partial charge is 0.162 e. The Kier molecular flexibility index (Phi) is 5.41. The summed E-state index contributed by atoms with van der Waals surface area (Å²) < 4.78 is 9.71. The van der Waals surface area contributed by atoms with Gasteiger partial charge >= 0.3 is 0 Å². The van der Waals surface area contributed by atoms with E-state index in [-0.39, 0.29) is 0 Å². The highest BCUT2D eigenvalue weighted by atomic mass is 16.7. The van der Waals surface area contributed by atoms with Crippen molar-refractivity contribution in [2.24, 2.45) is 0 Å². The van der Waals surface area contributed by atoms with Crippen LogP contribution in [0.2, 0.25) is 0 Å². The van der Waals surface area contributed by atoms with Crippen LogP contribution in [0.25, 0.3) is 0 Å². The van der Waals surface area contributed by atoms with Gasteiger partial charge in [0.25, 0.3) is 0 Å². The highest BCUT2D eigenvalue weighted by Crippen LogP contribution is 2.05. The summed E-state index contributed by atoms with van der Waals surface area (Å²) in [4.78, 5) is 0. The van der Waals surface area contributed by atoms with Crippen molar-refractivity contribution in [2.75, 3.05) is 7.11 Å². The number of aliphatic hydroxyl groups is 2. The molecule has 0 fully saturated rings. The molecule has 3 atom stereocenters. The molecule has 4 nitrogen and oxygen atoms in total. The van der Waals surface area contributed by atoms with Gasteiger partial charge in [-0.15, -0.1) is 0 Å². The summed E-state index contributed by atoms with van der Waals surface area (Å²) in [7, 11) is 1.47. The predicted molar refractivity (Wildman–Crippen MR) is 39.9 cm³/mol. The van der Waals surface area contributed by atoms with E-state index < -0.39 is 18.7 Å².